The van der Waals surface area contributed by atoms with Crippen LogP contribution in [0.5, 0.6) is 0 Å². The van der Waals surface area contributed by atoms with Crippen LogP contribution in [0.25, 0.3) is 0 Å². The second-order valence-corrected chi connectivity index (χ2v) is 8.99. The number of nitrogens with zero attached hydrogens (tertiary/aromatic N) is 2. The number of nitrogens with one attached hydrogen (secondary N) is 1. The van der Waals surface area contributed by atoms with E-state index in [0.29, 0.717) is 17.9 Å². The van der Waals surface area contributed by atoms with Crippen LogP contribution < -0.4 is 10.2 Å². The Morgan fingerprint density at radius 3 is 2.56 bits per heavy atom. The predicted molar refractivity (Wildman–Crippen MR) is 110 cm³/mol. The van der Waals surface area contributed by atoms with Gasteiger partial charge in [0.15, 0.2) is 0 Å². The Bertz CT molecular complexity index is 832. The lowest BCUT2D eigenvalue weighted by molar-refractivity contribution is -0.124. The van der Waals surface area contributed by atoms with Gasteiger partial charge in [-0.1, -0.05) is 39.0 Å². The second kappa shape index (κ2) is 6.99. The van der Waals surface area contributed by atoms with Gasteiger partial charge in [-0.3, -0.25) is 4.79 Å². The zero-order valence-corrected chi connectivity index (χ0v) is 16.5. The quantitative estimate of drug-likeness (QED) is 0.725. The summed E-state index contributed by atoms with van der Waals surface area (Å²) in [5.41, 5.74) is 3.30. The number of aromatic nitrogens is 1. The monoisotopic (exact) mass is 363 g/mol. The third-order valence-electron chi connectivity index (χ3n) is 6.23. The SMILES string of the molecule is CC(C)(C)[C@H]1CC[C@@H](C(=O)N2Cc3cccnc3Nc3ccccc32)CC1. The highest BCUT2D eigenvalue weighted by molar-refractivity contribution is 5.99. The van der Waals surface area contributed by atoms with Crippen molar-refractivity contribution in [2.24, 2.45) is 17.3 Å². The zero-order valence-electron chi connectivity index (χ0n) is 16.5. The number of fused-ring (bicyclic) bond motifs is 2. The van der Waals surface area contributed by atoms with Gasteiger partial charge in [-0.05, 0) is 55.2 Å². The van der Waals surface area contributed by atoms with E-state index in [-0.39, 0.29) is 11.8 Å². The van der Waals surface area contributed by atoms with Crippen molar-refractivity contribution < 1.29 is 4.79 Å². The number of pyridine rings is 1. The minimum Gasteiger partial charge on any atom is -0.338 e. The summed E-state index contributed by atoms with van der Waals surface area (Å²) < 4.78 is 0. The van der Waals surface area contributed by atoms with Gasteiger partial charge < -0.3 is 10.2 Å². The third kappa shape index (κ3) is 3.58. The summed E-state index contributed by atoms with van der Waals surface area (Å²) >= 11 is 0. The van der Waals surface area contributed by atoms with E-state index in [9.17, 15) is 4.79 Å². The smallest absolute Gasteiger partial charge is 0.230 e. The molecule has 2 aliphatic rings. The van der Waals surface area contributed by atoms with Crippen molar-refractivity contribution in [3.63, 3.8) is 0 Å². The molecule has 0 radical (unpaired) electrons. The molecule has 2 heterocycles. The summed E-state index contributed by atoms with van der Waals surface area (Å²) in [7, 11) is 0. The lowest BCUT2D eigenvalue weighted by Gasteiger charge is -2.38. The summed E-state index contributed by atoms with van der Waals surface area (Å²) in [5.74, 6) is 1.93. The molecule has 4 rings (SSSR count). The summed E-state index contributed by atoms with van der Waals surface area (Å²) in [6.45, 7) is 7.53. The molecular formula is C23H29N3O. The highest BCUT2D eigenvalue weighted by Crippen LogP contribution is 2.42. The number of carbonyl (C=O) groups excluding carboxylic acids is 1. The molecule has 1 N–H and O–H groups in total. The lowest BCUT2D eigenvalue weighted by Crippen LogP contribution is -2.38. The van der Waals surface area contributed by atoms with Gasteiger partial charge in [-0.2, -0.15) is 0 Å². The van der Waals surface area contributed by atoms with Crippen LogP contribution in [-0.4, -0.2) is 10.9 Å². The molecule has 2 aromatic rings. The molecule has 1 aliphatic heterocycles. The van der Waals surface area contributed by atoms with Gasteiger partial charge in [-0.25, -0.2) is 4.98 Å². The van der Waals surface area contributed by atoms with E-state index in [0.717, 1.165) is 48.4 Å². The molecule has 142 valence electrons. The van der Waals surface area contributed by atoms with Crippen LogP contribution >= 0.6 is 0 Å². The topological polar surface area (TPSA) is 45.2 Å². The van der Waals surface area contributed by atoms with Crippen LogP contribution in [0.4, 0.5) is 17.2 Å². The minimum atomic E-state index is 0.120. The Balaban J connectivity index is 1.60. The van der Waals surface area contributed by atoms with Crippen LogP contribution in [-0.2, 0) is 11.3 Å². The molecule has 4 heteroatoms. The fraction of sp³-hybridized carbons (Fsp3) is 0.478. The minimum absolute atomic E-state index is 0.120. The van der Waals surface area contributed by atoms with E-state index < -0.39 is 0 Å². The number of hydrogen-bond acceptors (Lipinski definition) is 3. The van der Waals surface area contributed by atoms with Gasteiger partial charge in [0.1, 0.15) is 5.82 Å². The summed E-state index contributed by atoms with van der Waals surface area (Å²) in [6, 6.07) is 12.0. The highest BCUT2D eigenvalue weighted by atomic mass is 16.2. The summed E-state index contributed by atoms with van der Waals surface area (Å²) in [5, 5.41) is 3.41. The number of benzene rings is 1. The maximum atomic E-state index is 13.5. The third-order valence-corrected chi connectivity index (χ3v) is 6.23. The van der Waals surface area contributed by atoms with Crippen molar-refractivity contribution in [1.82, 2.24) is 4.98 Å². The van der Waals surface area contributed by atoms with Crippen molar-refractivity contribution in [3.05, 3.63) is 48.2 Å². The Hall–Kier alpha value is -2.36. The number of rotatable bonds is 1. The van der Waals surface area contributed by atoms with Gasteiger partial charge >= 0.3 is 0 Å². The molecule has 0 unspecified atom stereocenters. The molecule has 0 saturated heterocycles. The molecule has 1 aliphatic carbocycles. The fourth-order valence-corrected chi connectivity index (χ4v) is 4.50. The molecule has 4 nitrogen and oxygen atoms in total. The van der Waals surface area contributed by atoms with Gasteiger partial charge in [-0.15, -0.1) is 0 Å². The molecule has 1 fully saturated rings. The van der Waals surface area contributed by atoms with Gasteiger partial charge in [0.25, 0.3) is 0 Å². The van der Waals surface area contributed by atoms with Crippen molar-refractivity contribution in [2.45, 2.75) is 53.0 Å². The van der Waals surface area contributed by atoms with Crippen molar-refractivity contribution >= 4 is 23.1 Å². The summed E-state index contributed by atoms with van der Waals surface area (Å²) in [6.07, 6.45) is 6.07. The van der Waals surface area contributed by atoms with Crippen molar-refractivity contribution in [3.8, 4) is 0 Å². The first-order chi connectivity index (χ1) is 12.9. The van der Waals surface area contributed by atoms with E-state index in [4.69, 9.17) is 0 Å². The number of amides is 1. The Labute approximate surface area is 162 Å². The Morgan fingerprint density at radius 2 is 1.81 bits per heavy atom. The Morgan fingerprint density at radius 1 is 1.07 bits per heavy atom. The van der Waals surface area contributed by atoms with Crippen LogP contribution in [0.2, 0.25) is 0 Å². The largest absolute Gasteiger partial charge is 0.338 e. The average Bonchev–Trinajstić information content (AvgIpc) is 2.83. The molecule has 1 amide bonds. The van der Waals surface area contributed by atoms with Gasteiger partial charge in [0.05, 0.1) is 17.9 Å². The normalized spacial score (nSPS) is 22.3. The molecule has 0 atom stereocenters. The number of carbonyl (C=O) groups is 1. The first-order valence-corrected chi connectivity index (χ1v) is 10.0. The summed E-state index contributed by atoms with van der Waals surface area (Å²) in [4.78, 5) is 20.0. The number of hydrogen-bond donors (Lipinski definition) is 1. The zero-order chi connectivity index (χ0) is 19.0. The van der Waals surface area contributed by atoms with Crippen molar-refractivity contribution in [1.29, 1.82) is 0 Å². The molecule has 1 aromatic carbocycles. The molecule has 27 heavy (non-hydrogen) atoms. The maximum Gasteiger partial charge on any atom is 0.230 e. The van der Waals surface area contributed by atoms with E-state index in [2.05, 4.69) is 37.1 Å². The van der Waals surface area contributed by atoms with Gasteiger partial charge in [0.2, 0.25) is 5.91 Å². The van der Waals surface area contributed by atoms with Crippen LogP contribution in [0.1, 0.15) is 52.0 Å². The highest BCUT2D eigenvalue weighted by Gasteiger charge is 2.35. The maximum absolute atomic E-state index is 13.5. The van der Waals surface area contributed by atoms with Gasteiger partial charge in [0, 0.05) is 17.7 Å². The number of anilines is 3. The molecular weight excluding hydrogens is 334 g/mol. The van der Waals surface area contributed by atoms with Crippen LogP contribution in [0, 0.1) is 17.3 Å². The van der Waals surface area contributed by atoms with E-state index in [1.54, 1.807) is 6.20 Å². The predicted octanol–water partition coefficient (Wildman–Crippen LogP) is 5.52. The molecule has 0 spiro atoms. The fourth-order valence-electron chi connectivity index (χ4n) is 4.50. The first kappa shape index (κ1) is 18.0. The van der Waals surface area contributed by atoms with Crippen LogP contribution in [0.15, 0.2) is 42.6 Å². The molecule has 0 bridgehead atoms. The molecule has 1 saturated carbocycles. The molecule has 1 aromatic heterocycles. The second-order valence-electron chi connectivity index (χ2n) is 8.99. The van der Waals surface area contributed by atoms with Crippen molar-refractivity contribution in [2.75, 3.05) is 10.2 Å². The standard InChI is InChI=1S/C23H29N3O/c1-23(2,3)18-12-10-16(11-13-18)22(27)26-15-17-7-6-14-24-21(17)25-19-8-4-5-9-20(19)26/h4-9,14,16,18H,10-13,15H2,1-3H3,(H,24,25)/t16-,18+. The lowest BCUT2D eigenvalue weighted by atomic mass is 9.69. The van der Waals surface area contributed by atoms with E-state index >= 15 is 0 Å². The van der Waals surface area contributed by atoms with E-state index in [1.165, 1.54) is 0 Å². The first-order valence-electron chi connectivity index (χ1n) is 10.0. The van der Waals surface area contributed by atoms with Crippen LogP contribution in [0.3, 0.4) is 0 Å². The average molecular weight is 364 g/mol. The van der Waals surface area contributed by atoms with E-state index in [1.807, 2.05) is 35.2 Å². The number of para-hydroxylation sites is 2. The Kier molecular flexibility index (Phi) is 4.67.